The van der Waals surface area contributed by atoms with E-state index in [4.69, 9.17) is 0 Å². The van der Waals surface area contributed by atoms with Crippen LogP contribution < -0.4 is 0 Å². The predicted octanol–water partition coefficient (Wildman–Crippen LogP) is 10.4. The summed E-state index contributed by atoms with van der Waals surface area (Å²) >= 11 is 0. The molecule has 198 valence electrons. The molecule has 0 amide bonds. The van der Waals surface area contributed by atoms with E-state index in [0.29, 0.717) is 33.4 Å². The van der Waals surface area contributed by atoms with Gasteiger partial charge in [0.1, 0.15) is 0 Å². The van der Waals surface area contributed by atoms with Crippen molar-refractivity contribution in [2.24, 2.45) is 0 Å². The minimum atomic E-state index is -3.96. The zero-order chi connectivity index (χ0) is 28.1. The van der Waals surface area contributed by atoms with Gasteiger partial charge in [0.15, 0.2) is 29.5 Å². The second-order valence-corrected chi connectivity index (χ2v) is 9.78. The Labute approximate surface area is 222 Å². The second kappa shape index (κ2) is 9.92. The Morgan fingerprint density at radius 3 is 1.72 bits per heavy atom. The first-order valence-electron chi connectivity index (χ1n) is 12.4. The highest BCUT2D eigenvalue weighted by Gasteiger charge is 2.56. The van der Waals surface area contributed by atoms with E-state index in [2.05, 4.69) is 0 Å². The third-order valence-corrected chi connectivity index (χ3v) is 7.16. The first-order chi connectivity index (χ1) is 18.6. The van der Waals surface area contributed by atoms with Gasteiger partial charge in [-0.05, 0) is 65.3 Å². The number of benzene rings is 4. The fourth-order valence-electron chi connectivity index (χ4n) is 5.52. The van der Waals surface area contributed by atoms with E-state index in [1.807, 2.05) is 49.4 Å². The van der Waals surface area contributed by atoms with Crippen LogP contribution >= 0.6 is 0 Å². The number of aryl methyl sites for hydroxylation is 3. The van der Waals surface area contributed by atoms with Crippen molar-refractivity contribution in [3.63, 3.8) is 0 Å². The summed E-state index contributed by atoms with van der Waals surface area (Å²) in [5, 5.41) is 0. The molecule has 0 bridgehead atoms. The molecule has 0 aromatic heterocycles. The van der Waals surface area contributed by atoms with E-state index in [1.54, 1.807) is 44.2 Å². The van der Waals surface area contributed by atoms with Gasteiger partial charge in [0.2, 0.25) is 5.67 Å². The Bertz CT molecular complexity index is 1610. The monoisotopic (exact) mass is 534 g/mol. The molecule has 1 aliphatic carbocycles. The van der Waals surface area contributed by atoms with Gasteiger partial charge in [-0.3, -0.25) is 0 Å². The van der Waals surface area contributed by atoms with Crippen molar-refractivity contribution < 1.29 is 26.3 Å². The molecule has 6 heteroatoms. The summed E-state index contributed by atoms with van der Waals surface area (Å²) in [6.45, 7) is 5.42. The molecule has 0 aliphatic heterocycles. The Morgan fingerprint density at radius 1 is 0.615 bits per heavy atom. The van der Waals surface area contributed by atoms with E-state index in [0.717, 1.165) is 17.2 Å². The van der Waals surface area contributed by atoms with Gasteiger partial charge >= 0.3 is 0 Å². The Kier molecular flexibility index (Phi) is 6.75. The van der Waals surface area contributed by atoms with E-state index in [-0.39, 0.29) is 5.56 Å². The van der Waals surface area contributed by atoms with Gasteiger partial charge in [0.25, 0.3) is 0 Å². The van der Waals surface area contributed by atoms with Crippen LogP contribution in [0.4, 0.5) is 26.3 Å². The molecule has 0 fully saturated rings. The van der Waals surface area contributed by atoms with Gasteiger partial charge in [-0.2, -0.15) is 0 Å². The summed E-state index contributed by atoms with van der Waals surface area (Å²) in [6.07, 6.45) is -3.44. The van der Waals surface area contributed by atoms with Crippen LogP contribution in [0.25, 0.3) is 33.4 Å². The van der Waals surface area contributed by atoms with Crippen LogP contribution in [0.2, 0.25) is 0 Å². The highest BCUT2D eigenvalue weighted by Crippen LogP contribution is 2.55. The lowest BCUT2D eigenvalue weighted by Crippen LogP contribution is -2.38. The lowest BCUT2D eigenvalue weighted by Gasteiger charge is -2.34. The molecule has 2 atom stereocenters. The minimum absolute atomic E-state index is 0.0701. The number of rotatable bonds is 4. The largest absolute Gasteiger partial charge is 0.235 e. The van der Waals surface area contributed by atoms with Crippen LogP contribution in [-0.2, 0) is 5.67 Å². The third-order valence-electron chi connectivity index (χ3n) is 7.16. The second-order valence-electron chi connectivity index (χ2n) is 9.78. The van der Waals surface area contributed by atoms with Crippen LogP contribution in [-0.4, -0.2) is 6.17 Å². The first kappa shape index (κ1) is 26.5. The molecule has 4 aromatic rings. The zero-order valence-corrected chi connectivity index (χ0v) is 21.4. The molecule has 0 heterocycles. The van der Waals surface area contributed by atoms with Crippen molar-refractivity contribution in [2.45, 2.75) is 32.6 Å². The summed E-state index contributed by atoms with van der Waals surface area (Å²) in [7, 11) is 0. The van der Waals surface area contributed by atoms with Crippen molar-refractivity contribution in [1.82, 2.24) is 0 Å². The summed E-state index contributed by atoms with van der Waals surface area (Å²) in [6, 6.07) is 24.2. The highest BCUT2D eigenvalue weighted by molar-refractivity contribution is 5.98. The van der Waals surface area contributed by atoms with Gasteiger partial charge in [0.05, 0.1) is 0 Å². The summed E-state index contributed by atoms with van der Waals surface area (Å²) in [5.74, 6) is -9.43. The van der Waals surface area contributed by atoms with Crippen molar-refractivity contribution in [2.75, 3.05) is 0 Å². The van der Waals surface area contributed by atoms with Crippen LogP contribution in [0, 0.1) is 20.8 Å². The molecule has 1 aliphatic rings. The Balaban J connectivity index is 2.00. The van der Waals surface area contributed by atoms with Crippen LogP contribution in [0.5, 0.6) is 0 Å². The maximum atomic E-state index is 16.8. The van der Waals surface area contributed by atoms with Crippen molar-refractivity contribution >= 4 is 0 Å². The molecule has 4 aromatic carbocycles. The van der Waals surface area contributed by atoms with Gasteiger partial charge in [-0.25, -0.2) is 26.3 Å². The van der Waals surface area contributed by atoms with E-state index in [9.17, 15) is 13.2 Å². The molecule has 0 spiro atoms. The summed E-state index contributed by atoms with van der Waals surface area (Å²) in [5.41, 5.74) is 0.523. The van der Waals surface area contributed by atoms with Crippen molar-refractivity contribution in [3.05, 3.63) is 130 Å². The smallest absolute Gasteiger partial charge is 0.228 e. The Morgan fingerprint density at radius 2 is 1.15 bits per heavy atom. The third kappa shape index (κ3) is 4.19. The maximum Gasteiger partial charge on any atom is 0.228 e. The molecule has 39 heavy (non-hydrogen) atoms. The van der Waals surface area contributed by atoms with E-state index < -0.39 is 40.7 Å². The average Bonchev–Trinajstić information content (AvgIpc) is 2.94. The quantitative estimate of drug-likeness (QED) is 0.229. The van der Waals surface area contributed by atoms with Crippen LogP contribution in [0.1, 0.15) is 22.3 Å². The minimum Gasteiger partial charge on any atom is -0.235 e. The van der Waals surface area contributed by atoms with Gasteiger partial charge in [-0.1, -0.05) is 90.5 Å². The summed E-state index contributed by atoms with van der Waals surface area (Å²) in [4.78, 5) is 0. The first-order valence-corrected chi connectivity index (χ1v) is 12.4. The molecular formula is C33H24F6. The number of alkyl halides is 2. The van der Waals surface area contributed by atoms with Gasteiger partial charge in [0, 0.05) is 5.56 Å². The van der Waals surface area contributed by atoms with Crippen molar-refractivity contribution in [1.29, 1.82) is 0 Å². The molecule has 2 unspecified atom stereocenters. The maximum absolute atomic E-state index is 16.8. The number of allylic oxidation sites excluding steroid dienone is 4. The lowest BCUT2D eigenvalue weighted by atomic mass is 9.75. The number of hydrogen-bond donors (Lipinski definition) is 0. The molecule has 0 radical (unpaired) electrons. The molecule has 0 N–H and O–H groups in total. The zero-order valence-electron chi connectivity index (χ0n) is 21.4. The average molecular weight is 535 g/mol. The van der Waals surface area contributed by atoms with E-state index in [1.165, 1.54) is 6.07 Å². The SMILES string of the molecule is Cc1cc(C)c(-c2c(C3(F)C(F)=C(F)C(F)=C(F)C3F)ccc(-c3ccccc3)c2-c2ccccc2)c(C)c1. The lowest BCUT2D eigenvalue weighted by molar-refractivity contribution is 0.0546. The fraction of sp³-hybridized carbons (Fsp3) is 0.152. The van der Waals surface area contributed by atoms with Gasteiger partial charge in [-0.15, -0.1) is 0 Å². The van der Waals surface area contributed by atoms with Crippen molar-refractivity contribution in [3.8, 4) is 33.4 Å². The Hall–Kier alpha value is -4.06. The molecule has 0 saturated carbocycles. The summed E-state index contributed by atoms with van der Waals surface area (Å²) < 4.78 is 90.6. The molecule has 0 saturated heterocycles. The number of halogens is 6. The highest BCUT2D eigenvalue weighted by atomic mass is 19.2. The molecule has 5 rings (SSSR count). The topological polar surface area (TPSA) is 0 Å². The fourth-order valence-corrected chi connectivity index (χ4v) is 5.52. The van der Waals surface area contributed by atoms with E-state index >= 15 is 13.2 Å². The standard InChI is InChI=1S/C33H24F6/c1-18-16-19(2)25(20(3)17-18)27-24(33(39)31(37)29(35)28(34)30(36)32(33)38)15-14-23(21-10-6-4-7-11-21)26(27)22-12-8-5-9-13-22/h4-17,31H,1-3H3. The number of hydrogen-bond acceptors (Lipinski definition) is 0. The van der Waals surface area contributed by atoms with Crippen LogP contribution in [0.15, 0.2) is 108 Å². The molecule has 0 nitrogen and oxygen atoms in total. The normalized spacial score (nSPS) is 19.6. The predicted molar refractivity (Wildman–Crippen MR) is 143 cm³/mol. The van der Waals surface area contributed by atoms with Gasteiger partial charge < -0.3 is 0 Å². The van der Waals surface area contributed by atoms with Crippen LogP contribution in [0.3, 0.4) is 0 Å². The molecular weight excluding hydrogens is 510 g/mol.